The first-order valence-electron chi connectivity index (χ1n) is 7.93. The molecule has 0 unspecified atom stereocenters. The number of allylic oxidation sites excluding steroid dienone is 4. The molecule has 2 rings (SSSR count). The molecule has 0 aliphatic heterocycles. The molecule has 0 saturated heterocycles. The van der Waals surface area contributed by atoms with E-state index in [9.17, 15) is 14.9 Å². The quantitative estimate of drug-likeness (QED) is 0.252. The number of carbonyl (C=O) groups excluding carboxylic acids is 1. The van der Waals surface area contributed by atoms with Crippen LogP contribution in [-0.4, -0.2) is 18.0 Å². The summed E-state index contributed by atoms with van der Waals surface area (Å²) in [7, 11) is 1.29. The number of hydrogen-bond donors (Lipinski definition) is 0. The molecule has 0 amide bonds. The lowest BCUT2D eigenvalue weighted by molar-refractivity contribution is -0.384. The number of carbonyl (C=O) groups is 1. The largest absolute Gasteiger partial charge is 0.466 e. The first-order chi connectivity index (χ1) is 13.0. The van der Waals surface area contributed by atoms with E-state index in [1.165, 1.54) is 25.3 Å². The van der Waals surface area contributed by atoms with E-state index in [4.69, 9.17) is 5.26 Å². The van der Waals surface area contributed by atoms with Gasteiger partial charge in [0.15, 0.2) is 0 Å². The maximum absolute atomic E-state index is 11.6. The predicted octanol–water partition coefficient (Wildman–Crippen LogP) is 4.29. The van der Waals surface area contributed by atoms with Crippen LogP contribution in [-0.2, 0) is 9.53 Å². The van der Waals surface area contributed by atoms with Crippen LogP contribution in [0.25, 0.3) is 11.6 Å². The molecule has 27 heavy (non-hydrogen) atoms. The Hall–Kier alpha value is -3.98. The Balaban J connectivity index is 2.22. The average Bonchev–Trinajstić information content (AvgIpc) is 2.70. The van der Waals surface area contributed by atoms with Crippen LogP contribution in [0.2, 0.25) is 0 Å². The van der Waals surface area contributed by atoms with Crippen molar-refractivity contribution in [3.05, 3.63) is 99.6 Å². The van der Waals surface area contributed by atoms with Gasteiger partial charge in [-0.15, -0.1) is 0 Å². The molecule has 0 heterocycles. The van der Waals surface area contributed by atoms with Crippen molar-refractivity contribution in [2.24, 2.45) is 0 Å². The highest BCUT2D eigenvalue weighted by molar-refractivity contribution is 5.94. The van der Waals surface area contributed by atoms with Crippen LogP contribution < -0.4 is 0 Å². The van der Waals surface area contributed by atoms with Crippen LogP contribution in [0.3, 0.4) is 0 Å². The van der Waals surface area contributed by atoms with Crippen LogP contribution in [0.1, 0.15) is 16.7 Å². The standard InChI is InChI=1S/C21H16N2O4/c1-27-21(24)14-19(18-8-4-6-17(13-18)15-22)7-3-2-5-16-9-11-20(12-10-16)23(25)26/h2-14H,1H3. The maximum Gasteiger partial charge on any atom is 0.331 e. The number of ether oxygens (including phenoxy) is 1. The second-order valence-electron chi connectivity index (χ2n) is 5.38. The van der Waals surface area contributed by atoms with E-state index in [1.54, 1.807) is 60.7 Å². The van der Waals surface area contributed by atoms with Gasteiger partial charge in [-0.1, -0.05) is 36.4 Å². The Bertz CT molecular complexity index is 964. The van der Waals surface area contributed by atoms with E-state index < -0.39 is 10.9 Å². The highest BCUT2D eigenvalue weighted by atomic mass is 16.6. The molecule has 0 radical (unpaired) electrons. The van der Waals surface area contributed by atoms with E-state index in [-0.39, 0.29) is 5.69 Å². The molecule has 2 aromatic carbocycles. The van der Waals surface area contributed by atoms with Crippen molar-refractivity contribution in [1.29, 1.82) is 5.26 Å². The molecule has 0 atom stereocenters. The van der Waals surface area contributed by atoms with Gasteiger partial charge in [-0.25, -0.2) is 4.79 Å². The Labute approximate surface area is 156 Å². The SMILES string of the molecule is COC(=O)C=C(C=CC=Cc1ccc([N+](=O)[O-])cc1)c1cccc(C#N)c1. The van der Waals surface area contributed by atoms with E-state index in [0.29, 0.717) is 16.7 Å². The third kappa shape index (κ3) is 5.80. The van der Waals surface area contributed by atoms with Crippen molar-refractivity contribution in [2.75, 3.05) is 7.11 Å². The van der Waals surface area contributed by atoms with Crippen molar-refractivity contribution in [1.82, 2.24) is 0 Å². The number of nitriles is 1. The number of rotatable bonds is 6. The van der Waals surface area contributed by atoms with Crippen LogP contribution in [0.4, 0.5) is 5.69 Å². The minimum absolute atomic E-state index is 0.0309. The van der Waals surface area contributed by atoms with Crippen LogP contribution >= 0.6 is 0 Å². The first kappa shape index (κ1) is 19.3. The minimum Gasteiger partial charge on any atom is -0.466 e. The fourth-order valence-electron chi connectivity index (χ4n) is 2.21. The summed E-state index contributed by atoms with van der Waals surface area (Å²) in [6.07, 6.45) is 8.32. The van der Waals surface area contributed by atoms with E-state index in [0.717, 1.165) is 5.56 Å². The molecule has 0 fully saturated rings. The van der Waals surface area contributed by atoms with Crippen molar-refractivity contribution >= 4 is 23.3 Å². The summed E-state index contributed by atoms with van der Waals surface area (Å²) in [5, 5.41) is 19.7. The number of nitro benzene ring substituents is 1. The summed E-state index contributed by atoms with van der Waals surface area (Å²) in [6.45, 7) is 0. The number of non-ortho nitro benzene ring substituents is 1. The maximum atomic E-state index is 11.6. The molecular weight excluding hydrogens is 344 g/mol. The van der Waals surface area contributed by atoms with Crippen molar-refractivity contribution in [2.45, 2.75) is 0 Å². The molecule has 134 valence electrons. The molecule has 6 heteroatoms. The smallest absolute Gasteiger partial charge is 0.331 e. The van der Waals surface area contributed by atoms with Crippen LogP contribution in [0.5, 0.6) is 0 Å². The fraction of sp³-hybridized carbons (Fsp3) is 0.0476. The average molecular weight is 360 g/mol. The molecule has 2 aromatic rings. The molecule has 6 nitrogen and oxygen atoms in total. The third-order valence-electron chi connectivity index (χ3n) is 3.58. The summed E-state index contributed by atoms with van der Waals surface area (Å²) >= 11 is 0. The Morgan fingerprint density at radius 1 is 1.19 bits per heavy atom. The molecule has 0 spiro atoms. The normalized spacial score (nSPS) is 11.5. The van der Waals surface area contributed by atoms with Gasteiger partial charge in [0, 0.05) is 18.2 Å². The van der Waals surface area contributed by atoms with Crippen molar-refractivity contribution < 1.29 is 14.5 Å². The van der Waals surface area contributed by atoms with Gasteiger partial charge in [-0.05, 0) is 41.0 Å². The van der Waals surface area contributed by atoms with Crippen molar-refractivity contribution in [3.63, 3.8) is 0 Å². The summed E-state index contributed by atoms with van der Waals surface area (Å²) < 4.78 is 4.68. The fourth-order valence-corrected chi connectivity index (χ4v) is 2.21. The van der Waals surface area contributed by atoms with Crippen LogP contribution in [0.15, 0.2) is 72.8 Å². The predicted molar refractivity (Wildman–Crippen MR) is 102 cm³/mol. The van der Waals surface area contributed by atoms with Gasteiger partial charge in [0.2, 0.25) is 0 Å². The lowest BCUT2D eigenvalue weighted by Gasteiger charge is -2.03. The lowest BCUT2D eigenvalue weighted by atomic mass is 10.0. The number of nitro groups is 1. The summed E-state index contributed by atoms with van der Waals surface area (Å²) in [5.74, 6) is -0.503. The number of hydrogen-bond acceptors (Lipinski definition) is 5. The van der Waals surface area contributed by atoms with Gasteiger partial charge in [0.1, 0.15) is 0 Å². The second kappa shape index (κ2) is 9.49. The molecule has 0 bridgehead atoms. The second-order valence-corrected chi connectivity index (χ2v) is 5.38. The molecule has 0 aliphatic carbocycles. The molecule has 0 aromatic heterocycles. The van der Waals surface area contributed by atoms with Gasteiger partial charge in [0.05, 0.1) is 23.7 Å². The highest BCUT2D eigenvalue weighted by Gasteiger charge is 2.04. The monoisotopic (exact) mass is 360 g/mol. The topological polar surface area (TPSA) is 93.2 Å². The number of nitrogens with zero attached hydrogens (tertiary/aromatic N) is 2. The molecule has 0 aliphatic rings. The lowest BCUT2D eigenvalue weighted by Crippen LogP contribution is -1.96. The van der Waals surface area contributed by atoms with Gasteiger partial charge < -0.3 is 4.74 Å². The Morgan fingerprint density at radius 2 is 1.93 bits per heavy atom. The Morgan fingerprint density at radius 3 is 2.56 bits per heavy atom. The molecular formula is C21H16N2O4. The number of methoxy groups -OCH3 is 1. The van der Waals surface area contributed by atoms with Crippen molar-refractivity contribution in [3.8, 4) is 6.07 Å². The van der Waals surface area contributed by atoms with Gasteiger partial charge in [0.25, 0.3) is 5.69 Å². The van der Waals surface area contributed by atoms with E-state index in [1.807, 2.05) is 0 Å². The number of esters is 1. The van der Waals surface area contributed by atoms with Crippen LogP contribution in [0, 0.1) is 21.4 Å². The zero-order chi connectivity index (χ0) is 19.6. The summed E-state index contributed by atoms with van der Waals surface area (Å²) in [5.41, 5.74) is 2.61. The molecule has 0 saturated carbocycles. The van der Waals surface area contributed by atoms with Gasteiger partial charge in [-0.3, -0.25) is 10.1 Å². The van der Waals surface area contributed by atoms with Gasteiger partial charge in [-0.2, -0.15) is 5.26 Å². The summed E-state index contributed by atoms with van der Waals surface area (Å²) in [6, 6.07) is 15.1. The van der Waals surface area contributed by atoms with Gasteiger partial charge >= 0.3 is 5.97 Å². The first-order valence-corrected chi connectivity index (χ1v) is 7.93. The third-order valence-corrected chi connectivity index (χ3v) is 3.58. The Kier molecular flexibility index (Phi) is 6.80. The number of benzene rings is 2. The highest BCUT2D eigenvalue weighted by Crippen LogP contribution is 2.18. The zero-order valence-corrected chi connectivity index (χ0v) is 14.5. The molecule has 0 N–H and O–H groups in total. The minimum atomic E-state index is -0.503. The van der Waals surface area contributed by atoms with E-state index in [2.05, 4.69) is 10.8 Å². The zero-order valence-electron chi connectivity index (χ0n) is 14.5. The van der Waals surface area contributed by atoms with E-state index >= 15 is 0 Å². The summed E-state index contributed by atoms with van der Waals surface area (Å²) in [4.78, 5) is 21.8.